The molecule has 0 radical (unpaired) electrons. The van der Waals surface area contributed by atoms with Gasteiger partial charge in [-0.1, -0.05) is 37.3 Å². The maximum absolute atomic E-state index is 4.38. The molecule has 1 saturated heterocycles. The summed E-state index contributed by atoms with van der Waals surface area (Å²) in [5, 5.41) is 4.38. The molecule has 0 unspecified atom stereocenters. The van der Waals surface area contributed by atoms with E-state index in [0.29, 0.717) is 6.04 Å². The molecule has 0 amide bonds. The maximum Gasteiger partial charge on any atom is 0.127 e. The largest absolute Gasteiger partial charge is 0.362 e. The van der Waals surface area contributed by atoms with Gasteiger partial charge in [-0.2, -0.15) is 5.10 Å². The van der Waals surface area contributed by atoms with E-state index in [-0.39, 0.29) is 0 Å². The number of anilines is 1. The Morgan fingerprint density at radius 2 is 2.09 bits per heavy atom. The van der Waals surface area contributed by atoms with Gasteiger partial charge in [0, 0.05) is 32.7 Å². The van der Waals surface area contributed by atoms with Crippen molar-refractivity contribution in [3.63, 3.8) is 0 Å². The third kappa shape index (κ3) is 3.20. The molecule has 118 valence electrons. The van der Waals surface area contributed by atoms with Crippen molar-refractivity contribution in [1.29, 1.82) is 0 Å². The minimum Gasteiger partial charge on any atom is -0.362 e. The van der Waals surface area contributed by atoms with Crippen molar-refractivity contribution in [2.24, 2.45) is 7.05 Å². The molecule has 2 heterocycles. The fraction of sp³-hybridized carbons (Fsp3) is 0.471. The number of likely N-dealkylation sites (N-methyl/N-ethyl adjacent to an activating group) is 1. The van der Waals surface area contributed by atoms with Crippen LogP contribution in [0.3, 0.4) is 0 Å². The van der Waals surface area contributed by atoms with Crippen LogP contribution in [-0.2, 0) is 13.6 Å². The number of aromatic nitrogens is 2. The molecule has 1 aliphatic rings. The van der Waals surface area contributed by atoms with E-state index in [1.165, 1.54) is 24.2 Å². The standard InChI is InChI=1S/C17H23BrN4/c1-3-21-10-9-15(21)13-22(12-14-7-5-4-6-8-14)16-11-19-20(2)17(16)18/h4-8,11,15H,3,9-10,12-13H2,1-2H3/t15-/m1/s1. The third-order valence-corrected chi connectivity index (χ3v) is 5.43. The molecule has 0 spiro atoms. The lowest BCUT2D eigenvalue weighted by Crippen LogP contribution is -2.53. The van der Waals surface area contributed by atoms with Crippen LogP contribution in [0, 0.1) is 0 Å². The predicted octanol–water partition coefficient (Wildman–Crippen LogP) is 3.28. The number of hydrogen-bond acceptors (Lipinski definition) is 3. The number of aryl methyl sites for hydroxylation is 1. The molecule has 1 aromatic carbocycles. The van der Waals surface area contributed by atoms with E-state index in [9.17, 15) is 0 Å². The highest BCUT2D eigenvalue weighted by Crippen LogP contribution is 2.29. The number of halogens is 1. The van der Waals surface area contributed by atoms with Crippen molar-refractivity contribution in [2.45, 2.75) is 25.9 Å². The van der Waals surface area contributed by atoms with Gasteiger partial charge >= 0.3 is 0 Å². The van der Waals surface area contributed by atoms with Gasteiger partial charge in [-0.05, 0) is 34.5 Å². The van der Waals surface area contributed by atoms with Gasteiger partial charge in [0.05, 0.1) is 11.9 Å². The van der Waals surface area contributed by atoms with Crippen LogP contribution in [-0.4, -0.2) is 40.4 Å². The van der Waals surface area contributed by atoms with Crippen molar-refractivity contribution >= 4 is 21.6 Å². The summed E-state index contributed by atoms with van der Waals surface area (Å²) in [6.07, 6.45) is 3.25. The highest BCUT2D eigenvalue weighted by atomic mass is 79.9. The summed E-state index contributed by atoms with van der Waals surface area (Å²) >= 11 is 3.67. The quantitative estimate of drug-likeness (QED) is 0.787. The molecule has 1 fully saturated rings. The lowest BCUT2D eigenvalue weighted by molar-refractivity contribution is 0.102. The third-order valence-electron chi connectivity index (χ3n) is 4.51. The summed E-state index contributed by atoms with van der Waals surface area (Å²) in [6, 6.07) is 11.3. The van der Waals surface area contributed by atoms with E-state index < -0.39 is 0 Å². The summed E-state index contributed by atoms with van der Waals surface area (Å²) in [6.45, 7) is 6.58. The molecule has 2 aromatic rings. The van der Waals surface area contributed by atoms with Crippen LogP contribution in [0.15, 0.2) is 41.1 Å². The lowest BCUT2D eigenvalue weighted by Gasteiger charge is -2.43. The van der Waals surface area contributed by atoms with E-state index in [2.05, 4.69) is 68.1 Å². The van der Waals surface area contributed by atoms with Crippen LogP contribution in [0.5, 0.6) is 0 Å². The van der Waals surface area contributed by atoms with Gasteiger partial charge in [0.1, 0.15) is 4.60 Å². The predicted molar refractivity (Wildman–Crippen MR) is 94.1 cm³/mol. The Labute approximate surface area is 140 Å². The van der Waals surface area contributed by atoms with Gasteiger partial charge in [0.2, 0.25) is 0 Å². The van der Waals surface area contributed by atoms with Crippen LogP contribution in [0.4, 0.5) is 5.69 Å². The number of rotatable bonds is 6. The number of benzene rings is 1. The Balaban J connectivity index is 1.80. The zero-order chi connectivity index (χ0) is 15.5. The van der Waals surface area contributed by atoms with Gasteiger partial charge in [-0.25, -0.2) is 0 Å². The van der Waals surface area contributed by atoms with Crippen LogP contribution < -0.4 is 4.90 Å². The maximum atomic E-state index is 4.38. The lowest BCUT2D eigenvalue weighted by atomic mass is 10.0. The monoisotopic (exact) mass is 362 g/mol. The van der Waals surface area contributed by atoms with Crippen LogP contribution >= 0.6 is 15.9 Å². The summed E-state index contributed by atoms with van der Waals surface area (Å²) in [7, 11) is 1.97. The molecule has 4 nitrogen and oxygen atoms in total. The molecule has 0 aliphatic carbocycles. The molecule has 1 atom stereocenters. The van der Waals surface area contributed by atoms with Crippen LogP contribution in [0.2, 0.25) is 0 Å². The number of hydrogen-bond donors (Lipinski definition) is 0. The molecule has 0 bridgehead atoms. The summed E-state index contributed by atoms with van der Waals surface area (Å²) in [5.74, 6) is 0. The fourth-order valence-electron chi connectivity index (χ4n) is 3.05. The van der Waals surface area contributed by atoms with Crippen molar-refractivity contribution in [2.75, 3.05) is 24.5 Å². The summed E-state index contributed by atoms with van der Waals surface area (Å²) in [4.78, 5) is 4.99. The number of nitrogens with zero attached hydrogens (tertiary/aromatic N) is 4. The highest BCUT2D eigenvalue weighted by Gasteiger charge is 2.29. The summed E-state index contributed by atoms with van der Waals surface area (Å²) < 4.78 is 2.93. The minimum absolute atomic E-state index is 0.654. The fourth-order valence-corrected chi connectivity index (χ4v) is 3.49. The average Bonchev–Trinajstić information content (AvgIpc) is 2.84. The first-order valence-corrected chi connectivity index (χ1v) is 8.68. The van der Waals surface area contributed by atoms with Gasteiger partial charge in [0.25, 0.3) is 0 Å². The Kier molecular flexibility index (Phi) is 4.84. The first kappa shape index (κ1) is 15.6. The van der Waals surface area contributed by atoms with Crippen LogP contribution in [0.1, 0.15) is 18.9 Å². The first-order valence-electron chi connectivity index (χ1n) is 7.89. The molecule has 0 saturated carbocycles. The van der Waals surface area contributed by atoms with Crippen molar-refractivity contribution in [1.82, 2.24) is 14.7 Å². The molecule has 5 heteroatoms. The van der Waals surface area contributed by atoms with Gasteiger partial charge < -0.3 is 4.90 Å². The van der Waals surface area contributed by atoms with Crippen LogP contribution in [0.25, 0.3) is 0 Å². The van der Waals surface area contributed by atoms with Gasteiger partial charge in [-0.3, -0.25) is 9.58 Å². The SMILES string of the molecule is CCN1CC[C@@H]1CN(Cc1ccccc1)c1cnn(C)c1Br. The molecule has 1 aliphatic heterocycles. The molecular formula is C17H23BrN4. The second-order valence-corrected chi connectivity index (χ2v) is 6.63. The average molecular weight is 363 g/mol. The minimum atomic E-state index is 0.654. The van der Waals surface area contributed by atoms with E-state index >= 15 is 0 Å². The van der Waals surface area contributed by atoms with Gasteiger partial charge in [-0.15, -0.1) is 0 Å². The zero-order valence-corrected chi connectivity index (χ0v) is 14.8. The Morgan fingerprint density at radius 3 is 2.64 bits per heavy atom. The normalized spacial score (nSPS) is 18.2. The topological polar surface area (TPSA) is 24.3 Å². The smallest absolute Gasteiger partial charge is 0.127 e. The molecule has 0 N–H and O–H groups in total. The van der Waals surface area contributed by atoms with Crippen molar-refractivity contribution in [3.8, 4) is 0 Å². The second kappa shape index (κ2) is 6.84. The van der Waals surface area contributed by atoms with E-state index in [1.54, 1.807) is 0 Å². The second-order valence-electron chi connectivity index (χ2n) is 5.88. The Hall–Kier alpha value is -1.33. The van der Waals surface area contributed by atoms with Gasteiger partial charge in [0.15, 0.2) is 0 Å². The Bertz CT molecular complexity index is 608. The van der Waals surface area contributed by atoms with E-state index in [1.807, 2.05) is 17.9 Å². The zero-order valence-electron chi connectivity index (χ0n) is 13.2. The summed E-state index contributed by atoms with van der Waals surface area (Å²) in [5.41, 5.74) is 2.51. The Morgan fingerprint density at radius 1 is 1.32 bits per heavy atom. The molecular weight excluding hydrogens is 340 g/mol. The molecule has 3 rings (SSSR count). The highest BCUT2D eigenvalue weighted by molar-refractivity contribution is 9.10. The van der Waals surface area contributed by atoms with E-state index in [0.717, 1.165) is 24.2 Å². The first-order chi connectivity index (χ1) is 10.7. The van der Waals surface area contributed by atoms with E-state index in [4.69, 9.17) is 0 Å². The van der Waals surface area contributed by atoms with Crippen molar-refractivity contribution in [3.05, 3.63) is 46.7 Å². The molecule has 1 aromatic heterocycles. The van der Waals surface area contributed by atoms with Crippen molar-refractivity contribution < 1.29 is 0 Å². The molecule has 22 heavy (non-hydrogen) atoms. The number of likely N-dealkylation sites (tertiary alicyclic amines) is 1.